The normalized spacial score (nSPS) is 44.7. The molecule has 4 aliphatic carbocycles. The summed E-state index contributed by atoms with van der Waals surface area (Å²) in [5, 5.41) is 0. The van der Waals surface area contributed by atoms with Crippen LogP contribution in [0.2, 0.25) is 0 Å². The molecule has 0 N–H and O–H groups in total. The summed E-state index contributed by atoms with van der Waals surface area (Å²) < 4.78 is 5.40. The summed E-state index contributed by atoms with van der Waals surface area (Å²) in [6, 6.07) is 0. The van der Waals surface area contributed by atoms with Crippen molar-refractivity contribution < 1.29 is 9.53 Å². The molecule has 0 unspecified atom stereocenters. The maximum atomic E-state index is 12.2. The van der Waals surface area contributed by atoms with Crippen molar-refractivity contribution in [3.63, 3.8) is 0 Å². The summed E-state index contributed by atoms with van der Waals surface area (Å²) in [5.41, 5.74) is -0.0650. The average molecular weight is 240 g/mol. The first-order chi connectivity index (χ1) is 7.72. The van der Waals surface area contributed by atoms with Crippen LogP contribution in [0.5, 0.6) is 0 Å². The lowest BCUT2D eigenvalue weighted by atomic mass is 9.49. The molecule has 0 aromatic carbocycles. The Morgan fingerprint density at radius 1 is 1.19 bits per heavy atom. The number of hydrogen-bond acceptors (Lipinski definition) is 3. The molecule has 4 saturated carbocycles. The van der Waals surface area contributed by atoms with Crippen molar-refractivity contribution in [2.45, 2.75) is 38.5 Å². The van der Waals surface area contributed by atoms with Gasteiger partial charge in [-0.2, -0.15) is 0 Å². The van der Waals surface area contributed by atoms with Crippen LogP contribution in [0.15, 0.2) is 0 Å². The van der Waals surface area contributed by atoms with E-state index in [1.807, 2.05) is 6.26 Å². The smallest absolute Gasteiger partial charge is 0.312 e. The summed E-state index contributed by atoms with van der Waals surface area (Å²) in [6.07, 6.45) is 9.48. The van der Waals surface area contributed by atoms with Crippen molar-refractivity contribution in [3.8, 4) is 0 Å². The topological polar surface area (TPSA) is 26.3 Å². The summed E-state index contributed by atoms with van der Waals surface area (Å²) in [6.45, 7) is 0. The van der Waals surface area contributed by atoms with Crippen LogP contribution >= 0.6 is 11.8 Å². The SMILES string of the molecule is CSCOC(=O)C12CC3CC(CC(C3)C1)C2. The van der Waals surface area contributed by atoms with Crippen LogP contribution in [0.25, 0.3) is 0 Å². The zero-order valence-corrected chi connectivity index (χ0v) is 10.7. The second-order valence-corrected chi connectivity index (χ2v) is 6.85. The van der Waals surface area contributed by atoms with E-state index in [2.05, 4.69) is 0 Å². The molecule has 0 heterocycles. The number of hydrogen-bond donors (Lipinski definition) is 0. The molecule has 4 fully saturated rings. The van der Waals surface area contributed by atoms with Gasteiger partial charge >= 0.3 is 5.97 Å². The minimum absolute atomic E-state index is 0.0650. The van der Waals surface area contributed by atoms with Gasteiger partial charge in [0.15, 0.2) is 0 Å². The lowest BCUT2D eigenvalue weighted by Gasteiger charge is -2.55. The first kappa shape index (κ1) is 10.9. The van der Waals surface area contributed by atoms with Gasteiger partial charge in [-0.1, -0.05) is 0 Å². The molecule has 4 bridgehead atoms. The number of esters is 1. The lowest BCUT2D eigenvalue weighted by Crippen LogP contribution is -2.50. The predicted octanol–water partition coefficient (Wildman–Crippen LogP) is 3.07. The summed E-state index contributed by atoms with van der Waals surface area (Å²) in [5.74, 6) is 3.12. The molecule has 4 aliphatic rings. The van der Waals surface area contributed by atoms with E-state index in [9.17, 15) is 4.79 Å². The van der Waals surface area contributed by atoms with E-state index in [4.69, 9.17) is 4.74 Å². The van der Waals surface area contributed by atoms with Gasteiger partial charge in [-0.3, -0.25) is 4.79 Å². The van der Waals surface area contributed by atoms with Crippen molar-refractivity contribution in [1.82, 2.24) is 0 Å². The minimum Gasteiger partial charge on any atom is -0.454 e. The first-order valence-corrected chi connectivity index (χ1v) is 7.77. The van der Waals surface area contributed by atoms with Crippen molar-refractivity contribution in [2.75, 3.05) is 12.2 Å². The molecular weight excluding hydrogens is 220 g/mol. The van der Waals surface area contributed by atoms with E-state index in [0.29, 0.717) is 5.94 Å². The van der Waals surface area contributed by atoms with Gasteiger partial charge in [0.1, 0.15) is 5.94 Å². The fourth-order valence-corrected chi connectivity index (χ4v) is 4.85. The van der Waals surface area contributed by atoms with Gasteiger partial charge in [-0.15, -0.1) is 11.8 Å². The maximum Gasteiger partial charge on any atom is 0.312 e. The van der Waals surface area contributed by atoms with Crippen molar-refractivity contribution >= 4 is 17.7 Å². The van der Waals surface area contributed by atoms with E-state index in [0.717, 1.165) is 37.0 Å². The van der Waals surface area contributed by atoms with Crippen LogP contribution in [0, 0.1) is 23.2 Å². The Bertz CT molecular complexity index is 265. The molecule has 0 aromatic heterocycles. The fourth-order valence-electron chi connectivity index (χ4n) is 4.63. The number of thioether (sulfide) groups is 1. The third kappa shape index (κ3) is 1.68. The van der Waals surface area contributed by atoms with Crippen molar-refractivity contribution in [2.24, 2.45) is 23.2 Å². The zero-order chi connectivity index (χ0) is 11.2. The Morgan fingerprint density at radius 2 is 1.69 bits per heavy atom. The molecule has 0 aromatic rings. The van der Waals surface area contributed by atoms with E-state index in [-0.39, 0.29) is 11.4 Å². The fraction of sp³-hybridized carbons (Fsp3) is 0.923. The molecule has 0 amide bonds. The van der Waals surface area contributed by atoms with Gasteiger partial charge in [0.2, 0.25) is 0 Å². The van der Waals surface area contributed by atoms with Crippen LogP contribution < -0.4 is 0 Å². The Morgan fingerprint density at radius 3 is 2.12 bits per heavy atom. The molecule has 3 heteroatoms. The molecular formula is C13H20O2S. The van der Waals surface area contributed by atoms with E-state index >= 15 is 0 Å². The van der Waals surface area contributed by atoms with Crippen LogP contribution in [0.3, 0.4) is 0 Å². The van der Waals surface area contributed by atoms with E-state index < -0.39 is 0 Å². The first-order valence-electron chi connectivity index (χ1n) is 6.38. The Kier molecular flexibility index (Phi) is 2.69. The summed E-state index contributed by atoms with van der Waals surface area (Å²) in [7, 11) is 0. The maximum absolute atomic E-state index is 12.2. The molecule has 16 heavy (non-hydrogen) atoms. The van der Waals surface area contributed by atoms with Crippen LogP contribution in [0.1, 0.15) is 38.5 Å². The number of rotatable bonds is 3. The molecule has 0 saturated heterocycles. The second kappa shape index (κ2) is 3.94. The number of ether oxygens (including phenoxy) is 1. The lowest BCUT2D eigenvalue weighted by molar-refractivity contribution is -0.169. The molecule has 2 nitrogen and oxygen atoms in total. The molecule has 0 radical (unpaired) electrons. The van der Waals surface area contributed by atoms with E-state index in [1.165, 1.54) is 19.3 Å². The summed E-state index contributed by atoms with van der Waals surface area (Å²) in [4.78, 5) is 12.2. The van der Waals surface area contributed by atoms with Gasteiger partial charge in [-0.25, -0.2) is 0 Å². The quantitative estimate of drug-likeness (QED) is 0.560. The Balaban J connectivity index is 1.75. The van der Waals surface area contributed by atoms with Gasteiger partial charge in [0.25, 0.3) is 0 Å². The predicted molar refractivity (Wildman–Crippen MR) is 65.1 cm³/mol. The van der Waals surface area contributed by atoms with Crippen molar-refractivity contribution in [3.05, 3.63) is 0 Å². The Hall–Kier alpha value is -0.180. The van der Waals surface area contributed by atoms with Crippen LogP contribution in [-0.2, 0) is 9.53 Å². The highest BCUT2D eigenvalue weighted by molar-refractivity contribution is 7.98. The molecule has 0 aliphatic heterocycles. The van der Waals surface area contributed by atoms with Crippen LogP contribution in [0.4, 0.5) is 0 Å². The van der Waals surface area contributed by atoms with Gasteiger partial charge < -0.3 is 4.74 Å². The monoisotopic (exact) mass is 240 g/mol. The standard InChI is InChI=1S/C13H20O2S/c1-16-8-15-12(14)13-5-9-2-10(6-13)4-11(3-9)7-13/h9-11H,2-8H2,1H3. The van der Waals surface area contributed by atoms with E-state index in [1.54, 1.807) is 11.8 Å². The summed E-state index contributed by atoms with van der Waals surface area (Å²) >= 11 is 1.59. The molecule has 4 rings (SSSR count). The highest BCUT2D eigenvalue weighted by Crippen LogP contribution is 2.60. The number of carbonyl (C=O) groups is 1. The van der Waals surface area contributed by atoms with Crippen molar-refractivity contribution in [1.29, 1.82) is 0 Å². The third-order valence-corrected chi connectivity index (χ3v) is 5.13. The second-order valence-electron chi connectivity index (χ2n) is 6.04. The van der Waals surface area contributed by atoms with Gasteiger partial charge in [0.05, 0.1) is 5.41 Å². The molecule has 90 valence electrons. The van der Waals surface area contributed by atoms with Crippen LogP contribution in [-0.4, -0.2) is 18.2 Å². The van der Waals surface area contributed by atoms with Gasteiger partial charge in [0, 0.05) is 0 Å². The average Bonchev–Trinajstić information content (AvgIpc) is 2.24. The third-order valence-electron chi connectivity index (χ3n) is 4.78. The minimum atomic E-state index is -0.0650. The molecule has 0 atom stereocenters. The Labute approximate surface area is 101 Å². The van der Waals surface area contributed by atoms with Gasteiger partial charge in [-0.05, 0) is 62.5 Å². The highest BCUT2D eigenvalue weighted by atomic mass is 32.2. The highest BCUT2D eigenvalue weighted by Gasteiger charge is 2.55. The zero-order valence-electron chi connectivity index (χ0n) is 9.91. The number of carbonyl (C=O) groups excluding carboxylic acids is 1. The molecule has 0 spiro atoms. The largest absolute Gasteiger partial charge is 0.454 e.